The standard InChI is InChI=1S/C10H19NO/c1-11(2)9-7-3-5-8(6-4-7)10(9)12/h7-10,12H,3-6H2,1-2H3/t7?,8?,9-,10-/m0/s1. The smallest absolute Gasteiger partial charge is 0.0725 e. The Hall–Kier alpha value is -0.0800. The number of hydrogen-bond acceptors (Lipinski definition) is 2. The molecule has 12 heavy (non-hydrogen) atoms. The van der Waals surface area contributed by atoms with Gasteiger partial charge in [-0.05, 0) is 51.6 Å². The summed E-state index contributed by atoms with van der Waals surface area (Å²) in [5, 5.41) is 9.99. The van der Waals surface area contributed by atoms with E-state index in [1.54, 1.807) is 0 Å². The van der Waals surface area contributed by atoms with Crippen LogP contribution in [0, 0.1) is 11.8 Å². The third-order valence-electron chi connectivity index (χ3n) is 3.73. The van der Waals surface area contributed by atoms with Crippen LogP contribution in [0.1, 0.15) is 25.7 Å². The molecule has 2 bridgehead atoms. The molecule has 2 nitrogen and oxygen atoms in total. The Morgan fingerprint density at radius 2 is 1.50 bits per heavy atom. The minimum atomic E-state index is -0.0486. The molecule has 0 heterocycles. The van der Waals surface area contributed by atoms with Crippen molar-refractivity contribution in [2.24, 2.45) is 11.8 Å². The Morgan fingerprint density at radius 3 is 1.83 bits per heavy atom. The maximum atomic E-state index is 9.99. The van der Waals surface area contributed by atoms with Crippen LogP contribution in [0.15, 0.2) is 0 Å². The fourth-order valence-corrected chi connectivity index (χ4v) is 3.11. The number of aliphatic hydroxyl groups is 1. The number of likely N-dealkylation sites (N-methyl/N-ethyl adjacent to an activating group) is 1. The lowest BCUT2D eigenvalue weighted by atomic mass is 9.66. The second kappa shape index (κ2) is 3.00. The van der Waals surface area contributed by atoms with E-state index in [9.17, 15) is 5.11 Å². The van der Waals surface area contributed by atoms with Crippen LogP contribution >= 0.6 is 0 Å². The minimum absolute atomic E-state index is 0.0486. The van der Waals surface area contributed by atoms with Crippen molar-refractivity contribution >= 4 is 0 Å². The summed E-state index contributed by atoms with van der Waals surface area (Å²) in [6.07, 6.45) is 5.15. The van der Waals surface area contributed by atoms with Gasteiger partial charge in [-0.3, -0.25) is 0 Å². The summed E-state index contributed by atoms with van der Waals surface area (Å²) in [7, 11) is 4.18. The lowest BCUT2D eigenvalue weighted by molar-refractivity contribution is -0.0674. The molecule has 0 aromatic carbocycles. The van der Waals surface area contributed by atoms with Crippen molar-refractivity contribution in [3.8, 4) is 0 Å². The number of rotatable bonds is 1. The largest absolute Gasteiger partial charge is 0.391 e. The van der Waals surface area contributed by atoms with Crippen LogP contribution < -0.4 is 0 Å². The molecule has 0 amide bonds. The molecule has 0 saturated heterocycles. The van der Waals surface area contributed by atoms with Crippen LogP contribution in [-0.4, -0.2) is 36.2 Å². The summed E-state index contributed by atoms with van der Waals surface area (Å²) in [6.45, 7) is 0. The van der Waals surface area contributed by atoms with Crippen LogP contribution in [0.2, 0.25) is 0 Å². The van der Waals surface area contributed by atoms with E-state index in [-0.39, 0.29) is 6.10 Å². The second-order valence-electron chi connectivity index (χ2n) is 4.62. The van der Waals surface area contributed by atoms with E-state index in [4.69, 9.17) is 0 Å². The maximum Gasteiger partial charge on any atom is 0.0725 e. The number of aliphatic hydroxyl groups excluding tert-OH is 1. The molecule has 0 spiro atoms. The van der Waals surface area contributed by atoms with Crippen molar-refractivity contribution in [1.29, 1.82) is 0 Å². The quantitative estimate of drug-likeness (QED) is 0.635. The van der Waals surface area contributed by atoms with Crippen molar-refractivity contribution in [2.75, 3.05) is 14.1 Å². The van der Waals surface area contributed by atoms with E-state index in [0.29, 0.717) is 12.0 Å². The highest BCUT2D eigenvalue weighted by atomic mass is 16.3. The van der Waals surface area contributed by atoms with Crippen LogP contribution in [0.5, 0.6) is 0 Å². The lowest BCUT2D eigenvalue weighted by Gasteiger charge is -2.48. The SMILES string of the molecule is CN(C)[C@H]1C2CCC(CC2)[C@@H]1O. The van der Waals surface area contributed by atoms with Gasteiger partial charge in [0.05, 0.1) is 6.10 Å². The molecule has 0 unspecified atom stereocenters. The molecular formula is C10H19NO. The molecule has 3 saturated carbocycles. The van der Waals surface area contributed by atoms with Crippen LogP contribution in [0.4, 0.5) is 0 Å². The highest BCUT2D eigenvalue weighted by molar-refractivity contribution is 4.96. The lowest BCUT2D eigenvalue weighted by Crippen LogP contribution is -2.54. The average molecular weight is 169 g/mol. The molecular weight excluding hydrogens is 150 g/mol. The second-order valence-corrected chi connectivity index (χ2v) is 4.62. The first-order valence-corrected chi connectivity index (χ1v) is 5.04. The predicted octanol–water partition coefficient (Wildman–Crippen LogP) is 1.10. The van der Waals surface area contributed by atoms with E-state index >= 15 is 0 Å². The van der Waals surface area contributed by atoms with Crippen LogP contribution in [0.25, 0.3) is 0 Å². The van der Waals surface area contributed by atoms with Gasteiger partial charge in [0, 0.05) is 6.04 Å². The van der Waals surface area contributed by atoms with Crippen molar-refractivity contribution in [3.05, 3.63) is 0 Å². The van der Waals surface area contributed by atoms with Gasteiger partial charge in [0.15, 0.2) is 0 Å². The number of nitrogens with zero attached hydrogens (tertiary/aromatic N) is 1. The van der Waals surface area contributed by atoms with Gasteiger partial charge in [-0.2, -0.15) is 0 Å². The van der Waals surface area contributed by atoms with Gasteiger partial charge in [-0.1, -0.05) is 0 Å². The third-order valence-corrected chi connectivity index (χ3v) is 3.73. The van der Waals surface area contributed by atoms with Crippen molar-refractivity contribution in [3.63, 3.8) is 0 Å². The Bertz CT molecular complexity index is 159. The van der Waals surface area contributed by atoms with Crippen molar-refractivity contribution in [2.45, 2.75) is 37.8 Å². The summed E-state index contributed by atoms with van der Waals surface area (Å²) in [5.74, 6) is 1.36. The Kier molecular flexibility index (Phi) is 2.13. The maximum absolute atomic E-state index is 9.99. The van der Waals surface area contributed by atoms with Crippen LogP contribution in [-0.2, 0) is 0 Å². The van der Waals surface area contributed by atoms with E-state index in [0.717, 1.165) is 5.92 Å². The fourth-order valence-electron chi connectivity index (χ4n) is 3.11. The van der Waals surface area contributed by atoms with Gasteiger partial charge in [0.2, 0.25) is 0 Å². The molecule has 0 aliphatic heterocycles. The highest BCUT2D eigenvalue weighted by Gasteiger charge is 2.43. The van der Waals surface area contributed by atoms with Crippen molar-refractivity contribution in [1.82, 2.24) is 4.90 Å². The number of fused-ring (bicyclic) bond motifs is 3. The molecule has 0 aromatic heterocycles. The molecule has 70 valence electrons. The van der Waals surface area contributed by atoms with E-state index in [1.165, 1.54) is 25.7 Å². The zero-order chi connectivity index (χ0) is 8.72. The molecule has 2 atom stereocenters. The summed E-state index contributed by atoms with van der Waals surface area (Å²) in [4.78, 5) is 2.21. The Labute approximate surface area is 74.6 Å². The monoisotopic (exact) mass is 169 g/mol. The molecule has 3 fully saturated rings. The molecule has 2 heteroatoms. The normalized spacial score (nSPS) is 47.0. The zero-order valence-electron chi connectivity index (χ0n) is 8.03. The molecule has 0 aromatic rings. The van der Waals surface area contributed by atoms with E-state index in [2.05, 4.69) is 19.0 Å². The van der Waals surface area contributed by atoms with Gasteiger partial charge in [-0.25, -0.2) is 0 Å². The molecule has 3 aliphatic rings. The van der Waals surface area contributed by atoms with Gasteiger partial charge in [0.25, 0.3) is 0 Å². The summed E-state index contributed by atoms with van der Waals surface area (Å²) >= 11 is 0. The first-order chi connectivity index (χ1) is 5.70. The Morgan fingerprint density at radius 1 is 1.00 bits per heavy atom. The third kappa shape index (κ3) is 1.17. The first kappa shape index (κ1) is 8.52. The average Bonchev–Trinajstić information content (AvgIpc) is 2.05. The van der Waals surface area contributed by atoms with E-state index in [1.807, 2.05) is 0 Å². The summed E-state index contributed by atoms with van der Waals surface area (Å²) < 4.78 is 0. The van der Waals surface area contributed by atoms with Gasteiger partial charge in [-0.15, -0.1) is 0 Å². The summed E-state index contributed by atoms with van der Waals surface area (Å²) in [6, 6.07) is 0.442. The van der Waals surface area contributed by atoms with Gasteiger partial charge < -0.3 is 10.0 Å². The predicted molar refractivity (Wildman–Crippen MR) is 48.9 cm³/mol. The van der Waals surface area contributed by atoms with Crippen molar-refractivity contribution < 1.29 is 5.11 Å². The molecule has 3 rings (SSSR count). The van der Waals surface area contributed by atoms with Crippen LogP contribution in [0.3, 0.4) is 0 Å². The molecule has 3 aliphatic carbocycles. The molecule has 0 radical (unpaired) electrons. The number of hydrogen-bond donors (Lipinski definition) is 1. The zero-order valence-corrected chi connectivity index (χ0v) is 8.03. The van der Waals surface area contributed by atoms with E-state index < -0.39 is 0 Å². The fraction of sp³-hybridized carbons (Fsp3) is 1.00. The van der Waals surface area contributed by atoms with Gasteiger partial charge >= 0.3 is 0 Å². The minimum Gasteiger partial charge on any atom is -0.391 e. The van der Waals surface area contributed by atoms with Gasteiger partial charge in [0.1, 0.15) is 0 Å². The first-order valence-electron chi connectivity index (χ1n) is 5.04. The highest BCUT2D eigenvalue weighted by Crippen LogP contribution is 2.42. The Balaban J connectivity index is 2.12. The topological polar surface area (TPSA) is 23.5 Å². The molecule has 1 N–H and O–H groups in total. The summed E-state index contributed by atoms with van der Waals surface area (Å²) in [5.41, 5.74) is 0.